The zero-order valence-electron chi connectivity index (χ0n) is 7.76. The summed E-state index contributed by atoms with van der Waals surface area (Å²) in [4.78, 5) is 0. The van der Waals surface area contributed by atoms with Gasteiger partial charge in [0, 0.05) is 12.2 Å². The van der Waals surface area contributed by atoms with Gasteiger partial charge in [-0.25, -0.2) is 0 Å². The first-order chi connectivity index (χ1) is 5.52. The Kier molecular flexibility index (Phi) is 2.75. The minimum atomic E-state index is -0.648. The molecule has 0 aromatic carbocycles. The molecule has 0 aromatic heterocycles. The summed E-state index contributed by atoms with van der Waals surface area (Å²) < 4.78 is 0. The van der Waals surface area contributed by atoms with Crippen LogP contribution in [-0.2, 0) is 0 Å². The van der Waals surface area contributed by atoms with Gasteiger partial charge in [-0.15, -0.1) is 12.3 Å². The summed E-state index contributed by atoms with van der Waals surface area (Å²) in [6.07, 6.45) is 6.78. The zero-order valence-corrected chi connectivity index (χ0v) is 8.58. The predicted octanol–water partition coefficient (Wildman–Crippen LogP) is 1.90. The number of aliphatic hydroxyl groups is 1. The minimum absolute atomic E-state index is 0.0232. The SMILES string of the molecule is C#CCC1(O)CSCCC1(C)C. The number of hydrogen-bond acceptors (Lipinski definition) is 2. The lowest BCUT2D eigenvalue weighted by molar-refractivity contribution is -0.0473. The molecule has 1 heterocycles. The highest BCUT2D eigenvalue weighted by molar-refractivity contribution is 7.99. The Bertz CT molecular complexity index is 204. The van der Waals surface area contributed by atoms with E-state index < -0.39 is 5.60 Å². The molecule has 1 aliphatic rings. The molecule has 0 radical (unpaired) electrons. The Morgan fingerprint density at radius 2 is 2.25 bits per heavy atom. The molecular formula is C10H16OS. The fourth-order valence-corrected chi connectivity index (χ4v) is 3.09. The molecule has 0 bridgehead atoms. The lowest BCUT2D eigenvalue weighted by Crippen LogP contribution is -2.49. The second-order valence-electron chi connectivity index (χ2n) is 4.10. The molecule has 0 spiro atoms. The van der Waals surface area contributed by atoms with Crippen LogP contribution in [0.1, 0.15) is 26.7 Å². The third-order valence-electron chi connectivity index (χ3n) is 2.87. The highest BCUT2D eigenvalue weighted by atomic mass is 32.2. The van der Waals surface area contributed by atoms with Crippen LogP contribution in [0.25, 0.3) is 0 Å². The van der Waals surface area contributed by atoms with E-state index in [1.54, 1.807) is 11.8 Å². The number of terminal acetylenes is 1. The van der Waals surface area contributed by atoms with Crippen molar-refractivity contribution in [1.82, 2.24) is 0 Å². The summed E-state index contributed by atoms with van der Waals surface area (Å²) in [6, 6.07) is 0. The highest BCUT2D eigenvalue weighted by Crippen LogP contribution is 2.43. The molecule has 0 amide bonds. The maximum atomic E-state index is 10.2. The maximum Gasteiger partial charge on any atom is 0.0897 e. The normalized spacial score (nSPS) is 34.2. The van der Waals surface area contributed by atoms with E-state index >= 15 is 0 Å². The first-order valence-corrected chi connectivity index (χ1v) is 5.41. The van der Waals surface area contributed by atoms with Crippen LogP contribution in [0.2, 0.25) is 0 Å². The summed E-state index contributed by atoms with van der Waals surface area (Å²) in [5, 5.41) is 10.2. The van der Waals surface area contributed by atoms with E-state index in [1.807, 2.05) is 0 Å². The van der Waals surface area contributed by atoms with Crippen molar-refractivity contribution in [3.8, 4) is 12.3 Å². The van der Waals surface area contributed by atoms with Gasteiger partial charge >= 0.3 is 0 Å². The number of thioether (sulfide) groups is 1. The van der Waals surface area contributed by atoms with Gasteiger partial charge in [-0.2, -0.15) is 11.8 Å². The van der Waals surface area contributed by atoms with Crippen molar-refractivity contribution in [3.63, 3.8) is 0 Å². The Morgan fingerprint density at radius 3 is 2.75 bits per heavy atom. The summed E-state index contributed by atoms with van der Waals surface area (Å²) in [6.45, 7) is 4.20. The molecule has 1 N–H and O–H groups in total. The fraction of sp³-hybridized carbons (Fsp3) is 0.800. The highest BCUT2D eigenvalue weighted by Gasteiger charge is 2.44. The van der Waals surface area contributed by atoms with Crippen LogP contribution in [0.15, 0.2) is 0 Å². The lowest BCUT2D eigenvalue weighted by atomic mass is 9.72. The first kappa shape index (κ1) is 9.95. The van der Waals surface area contributed by atoms with E-state index in [-0.39, 0.29) is 5.41 Å². The van der Waals surface area contributed by atoms with Crippen LogP contribution >= 0.6 is 11.8 Å². The fourth-order valence-electron chi connectivity index (χ4n) is 1.46. The first-order valence-electron chi connectivity index (χ1n) is 4.25. The topological polar surface area (TPSA) is 20.2 Å². The Balaban J connectivity index is 2.78. The lowest BCUT2D eigenvalue weighted by Gasteiger charge is -2.45. The third-order valence-corrected chi connectivity index (χ3v) is 4.04. The molecule has 1 saturated heterocycles. The molecular weight excluding hydrogens is 168 g/mol. The quantitative estimate of drug-likeness (QED) is 0.628. The van der Waals surface area contributed by atoms with Gasteiger partial charge in [0.25, 0.3) is 0 Å². The Labute approximate surface area is 78.9 Å². The van der Waals surface area contributed by atoms with Crippen molar-refractivity contribution >= 4 is 11.8 Å². The van der Waals surface area contributed by atoms with Gasteiger partial charge in [-0.05, 0) is 17.6 Å². The van der Waals surface area contributed by atoms with Crippen molar-refractivity contribution < 1.29 is 5.11 Å². The third kappa shape index (κ3) is 1.62. The van der Waals surface area contributed by atoms with Crippen molar-refractivity contribution in [3.05, 3.63) is 0 Å². The van der Waals surface area contributed by atoms with Gasteiger partial charge in [-0.1, -0.05) is 13.8 Å². The van der Waals surface area contributed by atoms with Crippen LogP contribution < -0.4 is 0 Å². The van der Waals surface area contributed by atoms with Gasteiger partial charge in [-0.3, -0.25) is 0 Å². The molecule has 1 atom stereocenters. The van der Waals surface area contributed by atoms with Gasteiger partial charge in [0.2, 0.25) is 0 Å². The molecule has 1 fully saturated rings. The van der Waals surface area contributed by atoms with Crippen molar-refractivity contribution in [1.29, 1.82) is 0 Å². The molecule has 68 valence electrons. The monoisotopic (exact) mass is 184 g/mol. The van der Waals surface area contributed by atoms with Gasteiger partial charge in [0.1, 0.15) is 0 Å². The largest absolute Gasteiger partial charge is 0.387 e. The van der Waals surface area contributed by atoms with Gasteiger partial charge in [0.05, 0.1) is 5.60 Å². The van der Waals surface area contributed by atoms with E-state index in [9.17, 15) is 5.11 Å². The van der Waals surface area contributed by atoms with E-state index in [2.05, 4.69) is 19.8 Å². The molecule has 0 saturated carbocycles. The summed E-state index contributed by atoms with van der Waals surface area (Å²) in [7, 11) is 0. The molecule has 1 rings (SSSR count). The van der Waals surface area contributed by atoms with Gasteiger partial charge < -0.3 is 5.11 Å². The molecule has 2 heteroatoms. The van der Waals surface area contributed by atoms with E-state index in [4.69, 9.17) is 6.42 Å². The van der Waals surface area contributed by atoms with E-state index in [0.29, 0.717) is 6.42 Å². The number of hydrogen-bond donors (Lipinski definition) is 1. The van der Waals surface area contributed by atoms with Crippen molar-refractivity contribution in [2.75, 3.05) is 11.5 Å². The van der Waals surface area contributed by atoms with Crippen LogP contribution in [0, 0.1) is 17.8 Å². The van der Waals surface area contributed by atoms with Gasteiger partial charge in [0.15, 0.2) is 0 Å². The summed E-state index contributed by atoms with van der Waals surface area (Å²) in [5.41, 5.74) is -0.671. The van der Waals surface area contributed by atoms with Crippen molar-refractivity contribution in [2.24, 2.45) is 5.41 Å². The smallest absolute Gasteiger partial charge is 0.0897 e. The molecule has 1 nitrogen and oxygen atoms in total. The van der Waals surface area contributed by atoms with Crippen LogP contribution in [0.5, 0.6) is 0 Å². The maximum absolute atomic E-state index is 10.2. The molecule has 12 heavy (non-hydrogen) atoms. The Morgan fingerprint density at radius 1 is 1.58 bits per heavy atom. The molecule has 0 aromatic rings. The summed E-state index contributed by atoms with van der Waals surface area (Å²) >= 11 is 1.80. The van der Waals surface area contributed by atoms with Crippen LogP contribution in [0.3, 0.4) is 0 Å². The predicted molar refractivity (Wildman–Crippen MR) is 54.1 cm³/mol. The van der Waals surface area contributed by atoms with Crippen LogP contribution in [0.4, 0.5) is 0 Å². The molecule has 0 aliphatic carbocycles. The minimum Gasteiger partial charge on any atom is -0.387 e. The Hall–Kier alpha value is -0.130. The zero-order chi connectivity index (χ0) is 9.24. The average Bonchev–Trinajstić information content (AvgIpc) is 1.96. The standard InChI is InChI=1S/C10H16OS/c1-4-5-10(11)8-12-7-6-9(10,2)3/h1,11H,5-8H2,2-3H3. The number of rotatable bonds is 1. The van der Waals surface area contributed by atoms with Crippen LogP contribution in [-0.4, -0.2) is 22.2 Å². The second-order valence-corrected chi connectivity index (χ2v) is 5.20. The van der Waals surface area contributed by atoms with E-state index in [0.717, 1.165) is 17.9 Å². The van der Waals surface area contributed by atoms with Crippen molar-refractivity contribution in [2.45, 2.75) is 32.3 Å². The second kappa shape index (κ2) is 3.32. The summed E-state index contributed by atoms with van der Waals surface area (Å²) in [5.74, 6) is 4.49. The molecule has 1 aliphatic heterocycles. The molecule has 1 unspecified atom stereocenters. The average molecular weight is 184 g/mol. The van der Waals surface area contributed by atoms with E-state index in [1.165, 1.54) is 0 Å².